The number of halogens is 3. The molecule has 0 radical (unpaired) electrons. The minimum atomic E-state index is -4.95. The van der Waals surface area contributed by atoms with Gasteiger partial charge in [0.15, 0.2) is 0 Å². The van der Waals surface area contributed by atoms with E-state index >= 15 is 0 Å². The van der Waals surface area contributed by atoms with E-state index in [-0.39, 0.29) is 0 Å². The molecular formula is C6H6F3NO3. The van der Waals surface area contributed by atoms with Crippen molar-refractivity contribution in [2.24, 2.45) is 0 Å². The van der Waals surface area contributed by atoms with E-state index in [9.17, 15) is 22.8 Å². The minimum absolute atomic E-state index is 0.411. The van der Waals surface area contributed by atoms with E-state index in [4.69, 9.17) is 5.11 Å². The molecule has 0 bridgehead atoms. The second-order valence-electron chi connectivity index (χ2n) is 2.76. The van der Waals surface area contributed by atoms with E-state index in [0.29, 0.717) is 0 Å². The molecule has 74 valence electrons. The Labute approximate surface area is 70.7 Å². The highest BCUT2D eigenvalue weighted by molar-refractivity contribution is 5.91. The average Bonchev–Trinajstić information content (AvgIpc) is 2.30. The van der Waals surface area contributed by atoms with E-state index < -0.39 is 36.4 Å². The van der Waals surface area contributed by atoms with Crippen molar-refractivity contribution < 1.29 is 27.9 Å². The van der Waals surface area contributed by atoms with Gasteiger partial charge in [0.2, 0.25) is 11.4 Å². The van der Waals surface area contributed by atoms with Crippen molar-refractivity contribution in [2.45, 2.75) is 24.6 Å². The fourth-order valence-corrected chi connectivity index (χ4v) is 1.16. The monoisotopic (exact) mass is 197 g/mol. The molecule has 0 unspecified atom stereocenters. The van der Waals surface area contributed by atoms with Crippen molar-refractivity contribution in [1.82, 2.24) is 5.32 Å². The number of aliphatic carboxylic acids is 1. The van der Waals surface area contributed by atoms with Crippen LogP contribution in [0.3, 0.4) is 0 Å². The van der Waals surface area contributed by atoms with Gasteiger partial charge in [0.05, 0.1) is 0 Å². The number of amides is 1. The summed E-state index contributed by atoms with van der Waals surface area (Å²) in [4.78, 5) is 20.9. The molecule has 4 nitrogen and oxygen atoms in total. The Morgan fingerprint density at radius 3 is 2.23 bits per heavy atom. The molecule has 1 saturated heterocycles. The molecule has 7 heteroatoms. The smallest absolute Gasteiger partial charge is 0.422 e. The second-order valence-corrected chi connectivity index (χ2v) is 2.76. The Bertz CT molecular complexity index is 262. The molecule has 13 heavy (non-hydrogen) atoms. The Kier molecular flexibility index (Phi) is 1.97. The highest BCUT2D eigenvalue weighted by Crippen LogP contribution is 2.37. The molecule has 1 rings (SSSR count). The molecule has 1 atom stereocenters. The quantitative estimate of drug-likeness (QED) is 0.634. The Morgan fingerprint density at radius 1 is 1.54 bits per heavy atom. The lowest BCUT2D eigenvalue weighted by Crippen LogP contribution is -2.59. The van der Waals surface area contributed by atoms with Crippen molar-refractivity contribution in [3.05, 3.63) is 0 Å². The van der Waals surface area contributed by atoms with Gasteiger partial charge in [-0.1, -0.05) is 0 Å². The van der Waals surface area contributed by atoms with Gasteiger partial charge in [-0.05, 0) is 6.42 Å². The van der Waals surface area contributed by atoms with Crippen LogP contribution in [0, 0.1) is 0 Å². The zero-order valence-corrected chi connectivity index (χ0v) is 6.31. The average molecular weight is 197 g/mol. The largest absolute Gasteiger partial charge is 0.479 e. The maximum absolute atomic E-state index is 12.2. The zero-order valence-electron chi connectivity index (χ0n) is 6.31. The third-order valence-corrected chi connectivity index (χ3v) is 1.93. The van der Waals surface area contributed by atoms with Crippen LogP contribution >= 0.6 is 0 Å². The molecule has 2 N–H and O–H groups in total. The molecule has 0 aromatic heterocycles. The lowest BCUT2D eigenvalue weighted by molar-refractivity contribution is -0.206. The van der Waals surface area contributed by atoms with Gasteiger partial charge in [0.1, 0.15) is 0 Å². The topological polar surface area (TPSA) is 66.4 Å². The summed E-state index contributed by atoms with van der Waals surface area (Å²) in [7, 11) is 0. The number of hydrogen-bond acceptors (Lipinski definition) is 2. The molecule has 0 aromatic carbocycles. The molecule has 0 spiro atoms. The number of alkyl halides is 3. The van der Waals surface area contributed by atoms with E-state index in [1.165, 1.54) is 5.32 Å². The summed E-state index contributed by atoms with van der Waals surface area (Å²) >= 11 is 0. The number of carbonyl (C=O) groups excluding carboxylic acids is 1. The van der Waals surface area contributed by atoms with Crippen LogP contribution < -0.4 is 5.32 Å². The van der Waals surface area contributed by atoms with E-state index in [1.807, 2.05) is 0 Å². The summed E-state index contributed by atoms with van der Waals surface area (Å²) in [6.07, 6.45) is -6.11. The molecule has 0 saturated carbocycles. The van der Waals surface area contributed by atoms with Crippen molar-refractivity contribution in [2.75, 3.05) is 0 Å². The summed E-state index contributed by atoms with van der Waals surface area (Å²) in [5, 5.41) is 9.83. The minimum Gasteiger partial charge on any atom is -0.479 e. The summed E-state index contributed by atoms with van der Waals surface area (Å²) in [6, 6.07) is 0. The van der Waals surface area contributed by atoms with Gasteiger partial charge in [-0.2, -0.15) is 13.2 Å². The predicted molar refractivity (Wildman–Crippen MR) is 33.8 cm³/mol. The predicted octanol–water partition coefficient (Wildman–Crippen LogP) is 0.282. The van der Waals surface area contributed by atoms with Gasteiger partial charge in [-0.25, -0.2) is 4.79 Å². The molecule has 0 aromatic rings. The van der Waals surface area contributed by atoms with Gasteiger partial charge >= 0.3 is 12.1 Å². The number of carboxylic acid groups (broad SMARTS) is 1. The molecule has 1 heterocycles. The maximum atomic E-state index is 12.2. The van der Waals surface area contributed by atoms with Crippen LogP contribution in [-0.2, 0) is 9.59 Å². The lowest BCUT2D eigenvalue weighted by Gasteiger charge is -2.26. The summed E-state index contributed by atoms with van der Waals surface area (Å²) in [5.74, 6) is -2.95. The van der Waals surface area contributed by atoms with Crippen LogP contribution in [0.25, 0.3) is 0 Å². The van der Waals surface area contributed by atoms with Gasteiger partial charge < -0.3 is 10.4 Å². The molecule has 1 amide bonds. The molecule has 1 fully saturated rings. The number of carboxylic acids is 1. The number of hydrogen-bond donors (Lipinski definition) is 2. The number of carbonyl (C=O) groups is 2. The van der Waals surface area contributed by atoms with E-state index in [2.05, 4.69) is 0 Å². The fraction of sp³-hybridized carbons (Fsp3) is 0.667. The fourth-order valence-electron chi connectivity index (χ4n) is 1.16. The van der Waals surface area contributed by atoms with Crippen LogP contribution in [0.1, 0.15) is 12.8 Å². The third-order valence-electron chi connectivity index (χ3n) is 1.93. The first-order valence-corrected chi connectivity index (χ1v) is 3.41. The number of nitrogens with one attached hydrogen (secondary N) is 1. The Balaban J connectivity index is 3.04. The van der Waals surface area contributed by atoms with Gasteiger partial charge in [-0.3, -0.25) is 4.79 Å². The van der Waals surface area contributed by atoms with Crippen LogP contribution in [0.15, 0.2) is 0 Å². The SMILES string of the molecule is O=C1CC[C@@](C(=O)O)(C(F)(F)F)N1. The van der Waals surface area contributed by atoms with Crippen LogP contribution in [0.5, 0.6) is 0 Å². The molecule has 1 aliphatic rings. The normalized spacial score (nSPS) is 28.7. The van der Waals surface area contributed by atoms with Crippen LogP contribution in [0.2, 0.25) is 0 Å². The third kappa shape index (κ3) is 1.34. The van der Waals surface area contributed by atoms with Crippen molar-refractivity contribution in [1.29, 1.82) is 0 Å². The van der Waals surface area contributed by atoms with Gasteiger partial charge in [0.25, 0.3) is 0 Å². The van der Waals surface area contributed by atoms with E-state index in [1.54, 1.807) is 0 Å². The van der Waals surface area contributed by atoms with Crippen LogP contribution in [0.4, 0.5) is 13.2 Å². The summed E-state index contributed by atoms with van der Waals surface area (Å²) in [5.41, 5.74) is -3.08. The zero-order chi connectivity index (χ0) is 10.3. The Morgan fingerprint density at radius 2 is 2.08 bits per heavy atom. The molecule has 1 aliphatic heterocycles. The van der Waals surface area contributed by atoms with Crippen molar-refractivity contribution in [3.63, 3.8) is 0 Å². The molecule has 0 aliphatic carbocycles. The summed E-state index contributed by atoms with van der Waals surface area (Å²) in [6.45, 7) is 0. The van der Waals surface area contributed by atoms with Gasteiger partial charge in [-0.15, -0.1) is 0 Å². The van der Waals surface area contributed by atoms with Crippen molar-refractivity contribution >= 4 is 11.9 Å². The maximum Gasteiger partial charge on any atom is 0.422 e. The standard InChI is InChI=1S/C6H6F3NO3/c7-6(8,9)5(4(12)13)2-1-3(11)10-5/h1-2H2,(H,10,11)(H,12,13)/t5-/m1/s1. The van der Waals surface area contributed by atoms with Gasteiger partial charge in [0, 0.05) is 6.42 Å². The highest BCUT2D eigenvalue weighted by atomic mass is 19.4. The first-order valence-electron chi connectivity index (χ1n) is 3.41. The first-order chi connectivity index (χ1) is 5.79. The number of rotatable bonds is 1. The first kappa shape index (κ1) is 9.82. The summed E-state index contributed by atoms with van der Waals surface area (Å²) < 4.78 is 36.7. The molecular weight excluding hydrogens is 191 g/mol. The Hall–Kier alpha value is -1.27. The lowest BCUT2D eigenvalue weighted by atomic mass is 9.97. The van der Waals surface area contributed by atoms with Crippen molar-refractivity contribution in [3.8, 4) is 0 Å². The second kappa shape index (κ2) is 2.61. The highest BCUT2D eigenvalue weighted by Gasteiger charge is 2.64. The van der Waals surface area contributed by atoms with Crippen LogP contribution in [-0.4, -0.2) is 28.7 Å². The van der Waals surface area contributed by atoms with E-state index in [0.717, 1.165) is 0 Å².